The fraction of sp³-hybridized carbons (Fsp3) is 0.500. The number of hydrogen-bond donors (Lipinski definition) is 2. The Labute approximate surface area is 164 Å². The number of esters is 1. The van der Waals surface area contributed by atoms with Crippen molar-refractivity contribution in [3.05, 3.63) is 35.4 Å². The average Bonchev–Trinajstić information content (AvgIpc) is 3.06. The number of carbonyl (C=O) groups is 4. The van der Waals surface area contributed by atoms with Gasteiger partial charge < -0.3 is 15.4 Å². The fourth-order valence-corrected chi connectivity index (χ4v) is 2.69. The third-order valence-corrected chi connectivity index (χ3v) is 4.48. The van der Waals surface area contributed by atoms with Crippen LogP contribution in [-0.2, 0) is 19.7 Å². The highest BCUT2D eigenvalue weighted by Crippen LogP contribution is 2.22. The van der Waals surface area contributed by atoms with Gasteiger partial charge in [0.2, 0.25) is 0 Å². The fourth-order valence-electron chi connectivity index (χ4n) is 2.69. The number of hydrogen-bond acceptors (Lipinski definition) is 5. The molecule has 152 valence electrons. The minimum absolute atomic E-state index is 0.0268. The number of benzene rings is 1. The number of nitrogens with one attached hydrogen (secondary N) is 2. The molecule has 0 spiro atoms. The van der Waals surface area contributed by atoms with Gasteiger partial charge in [0.05, 0.1) is 0 Å². The number of nitrogens with zero attached hydrogens (tertiary/aromatic N) is 1. The molecule has 0 saturated carbocycles. The predicted molar refractivity (Wildman–Crippen MR) is 103 cm³/mol. The Morgan fingerprint density at radius 2 is 1.75 bits per heavy atom. The Balaban J connectivity index is 1.91. The maximum atomic E-state index is 12.3. The van der Waals surface area contributed by atoms with E-state index in [0.29, 0.717) is 12.1 Å². The summed E-state index contributed by atoms with van der Waals surface area (Å²) in [5.74, 6) is -1.76. The first-order valence-electron chi connectivity index (χ1n) is 9.22. The summed E-state index contributed by atoms with van der Waals surface area (Å²) in [6.45, 7) is 9.70. The molecule has 2 rings (SSSR count). The maximum Gasteiger partial charge on any atom is 0.329 e. The molecule has 1 aliphatic rings. The minimum atomic E-state index is -1.12. The van der Waals surface area contributed by atoms with Crippen LogP contribution < -0.4 is 10.6 Å². The molecule has 1 saturated heterocycles. The highest BCUT2D eigenvalue weighted by atomic mass is 16.5. The van der Waals surface area contributed by atoms with E-state index >= 15 is 0 Å². The molecule has 1 heterocycles. The van der Waals surface area contributed by atoms with Gasteiger partial charge in [-0.05, 0) is 37.0 Å². The smallest absolute Gasteiger partial charge is 0.329 e. The summed E-state index contributed by atoms with van der Waals surface area (Å²) in [6, 6.07) is 5.70. The Hall–Kier alpha value is -2.90. The molecule has 1 fully saturated rings. The molecule has 1 aromatic carbocycles. The Kier molecular flexibility index (Phi) is 6.43. The molecule has 2 atom stereocenters. The Morgan fingerprint density at radius 1 is 1.14 bits per heavy atom. The number of rotatable bonds is 5. The standard InChI is InChI=1S/C20H27N3O5/c1-12(18(26)28-13(2)17(25)23-11-10-21-19(23)27)22-16(24)14-6-8-15(9-7-14)20(3,4)5/h6-9,12-13H,10-11H2,1-5H3,(H,21,27)(H,22,24)/t12-,13-/m0/s1. The normalized spacial score (nSPS) is 16.2. The van der Waals surface area contributed by atoms with E-state index in [1.165, 1.54) is 13.8 Å². The third kappa shape index (κ3) is 5.09. The second-order valence-electron chi connectivity index (χ2n) is 7.82. The summed E-state index contributed by atoms with van der Waals surface area (Å²) in [6.07, 6.45) is -1.12. The number of urea groups is 1. The van der Waals surface area contributed by atoms with E-state index in [4.69, 9.17) is 4.74 Å². The van der Waals surface area contributed by atoms with Crippen molar-refractivity contribution in [2.75, 3.05) is 13.1 Å². The molecular weight excluding hydrogens is 362 g/mol. The number of ether oxygens (including phenoxy) is 1. The summed E-state index contributed by atoms with van der Waals surface area (Å²) in [4.78, 5) is 49.2. The van der Waals surface area contributed by atoms with Gasteiger partial charge in [0, 0.05) is 18.7 Å². The van der Waals surface area contributed by atoms with Crippen LogP contribution in [0, 0.1) is 0 Å². The molecule has 1 aromatic rings. The van der Waals surface area contributed by atoms with E-state index in [1.807, 2.05) is 12.1 Å². The van der Waals surface area contributed by atoms with Crippen molar-refractivity contribution in [2.45, 2.75) is 52.2 Å². The first kappa shape index (κ1) is 21.4. The largest absolute Gasteiger partial charge is 0.451 e. The van der Waals surface area contributed by atoms with Crippen molar-refractivity contribution in [1.82, 2.24) is 15.5 Å². The topological polar surface area (TPSA) is 105 Å². The molecule has 28 heavy (non-hydrogen) atoms. The van der Waals surface area contributed by atoms with Gasteiger partial charge in [0.1, 0.15) is 6.04 Å². The molecular formula is C20H27N3O5. The van der Waals surface area contributed by atoms with Crippen molar-refractivity contribution in [3.8, 4) is 0 Å². The molecule has 0 aromatic heterocycles. The van der Waals surface area contributed by atoms with Crippen LogP contribution >= 0.6 is 0 Å². The number of imide groups is 1. The van der Waals surface area contributed by atoms with Crippen molar-refractivity contribution in [3.63, 3.8) is 0 Å². The summed E-state index contributed by atoms with van der Waals surface area (Å²) in [5, 5.41) is 5.07. The van der Waals surface area contributed by atoms with Crippen molar-refractivity contribution >= 4 is 23.8 Å². The van der Waals surface area contributed by atoms with Crippen LogP contribution in [0.4, 0.5) is 4.79 Å². The van der Waals surface area contributed by atoms with Crippen LogP contribution in [0.5, 0.6) is 0 Å². The zero-order valence-corrected chi connectivity index (χ0v) is 16.9. The molecule has 8 nitrogen and oxygen atoms in total. The SMILES string of the molecule is C[C@H](NC(=O)c1ccc(C(C)(C)C)cc1)C(=O)O[C@@H](C)C(=O)N1CCNC1=O. The molecule has 0 aliphatic carbocycles. The monoisotopic (exact) mass is 389 g/mol. The highest BCUT2D eigenvalue weighted by Gasteiger charge is 2.32. The van der Waals surface area contributed by atoms with Crippen LogP contribution in [-0.4, -0.2) is 54.0 Å². The lowest BCUT2D eigenvalue weighted by molar-refractivity contribution is -0.158. The van der Waals surface area contributed by atoms with E-state index < -0.39 is 36.0 Å². The average molecular weight is 389 g/mol. The zero-order chi connectivity index (χ0) is 21.1. The molecule has 8 heteroatoms. The Morgan fingerprint density at radius 3 is 2.25 bits per heavy atom. The van der Waals surface area contributed by atoms with Gasteiger partial charge >= 0.3 is 12.0 Å². The summed E-state index contributed by atoms with van der Waals surface area (Å²) >= 11 is 0. The molecule has 0 bridgehead atoms. The second-order valence-corrected chi connectivity index (χ2v) is 7.82. The third-order valence-electron chi connectivity index (χ3n) is 4.48. The molecule has 4 amide bonds. The lowest BCUT2D eigenvalue weighted by atomic mass is 9.86. The van der Waals surface area contributed by atoms with Gasteiger partial charge in [-0.1, -0.05) is 32.9 Å². The molecule has 0 unspecified atom stereocenters. The van der Waals surface area contributed by atoms with Gasteiger partial charge in [-0.25, -0.2) is 9.59 Å². The van der Waals surface area contributed by atoms with Crippen LogP contribution in [0.25, 0.3) is 0 Å². The molecule has 1 aliphatic heterocycles. The lowest BCUT2D eigenvalue weighted by Gasteiger charge is -2.21. The highest BCUT2D eigenvalue weighted by molar-refractivity contribution is 5.99. The first-order chi connectivity index (χ1) is 13.0. The van der Waals surface area contributed by atoms with Crippen molar-refractivity contribution in [2.24, 2.45) is 0 Å². The maximum absolute atomic E-state index is 12.3. The number of amides is 4. The van der Waals surface area contributed by atoms with Gasteiger partial charge in [0.25, 0.3) is 11.8 Å². The van der Waals surface area contributed by atoms with Crippen LogP contribution in [0.3, 0.4) is 0 Å². The van der Waals surface area contributed by atoms with E-state index in [-0.39, 0.29) is 12.0 Å². The second kappa shape index (κ2) is 8.41. The van der Waals surface area contributed by atoms with Crippen LogP contribution in [0.15, 0.2) is 24.3 Å². The summed E-state index contributed by atoms with van der Waals surface area (Å²) in [7, 11) is 0. The van der Waals surface area contributed by atoms with Crippen molar-refractivity contribution < 1.29 is 23.9 Å². The summed E-state index contributed by atoms with van der Waals surface area (Å²) < 4.78 is 5.11. The van der Waals surface area contributed by atoms with Crippen LogP contribution in [0.1, 0.15) is 50.5 Å². The number of carbonyl (C=O) groups excluding carboxylic acids is 4. The quantitative estimate of drug-likeness (QED) is 0.744. The summed E-state index contributed by atoms with van der Waals surface area (Å²) in [5.41, 5.74) is 1.49. The first-order valence-corrected chi connectivity index (χ1v) is 9.22. The van der Waals surface area contributed by atoms with Crippen LogP contribution in [0.2, 0.25) is 0 Å². The van der Waals surface area contributed by atoms with Crippen molar-refractivity contribution in [1.29, 1.82) is 0 Å². The van der Waals surface area contributed by atoms with Gasteiger partial charge in [-0.15, -0.1) is 0 Å². The minimum Gasteiger partial charge on any atom is -0.451 e. The van der Waals surface area contributed by atoms with Gasteiger partial charge in [0.15, 0.2) is 6.10 Å². The van der Waals surface area contributed by atoms with E-state index in [0.717, 1.165) is 10.5 Å². The van der Waals surface area contributed by atoms with Gasteiger partial charge in [-0.2, -0.15) is 0 Å². The molecule has 2 N–H and O–H groups in total. The lowest BCUT2D eigenvalue weighted by Crippen LogP contribution is -2.45. The van der Waals surface area contributed by atoms with E-state index in [9.17, 15) is 19.2 Å². The Bertz CT molecular complexity index is 767. The zero-order valence-electron chi connectivity index (χ0n) is 16.9. The van der Waals surface area contributed by atoms with Gasteiger partial charge in [-0.3, -0.25) is 14.5 Å². The molecule has 0 radical (unpaired) electrons. The van der Waals surface area contributed by atoms with E-state index in [2.05, 4.69) is 31.4 Å². The van der Waals surface area contributed by atoms with E-state index in [1.54, 1.807) is 12.1 Å². The predicted octanol–water partition coefficient (Wildman–Crippen LogP) is 1.59.